The first-order valence-electron chi connectivity index (χ1n) is 17.5. The van der Waals surface area contributed by atoms with Gasteiger partial charge >= 0.3 is 0 Å². The molecule has 0 aliphatic carbocycles. The first-order valence-corrected chi connectivity index (χ1v) is 19.8. The van der Waals surface area contributed by atoms with E-state index in [1.165, 1.54) is 11.8 Å². The number of carbonyl (C=O) groups excluding carboxylic acids is 2. The summed E-state index contributed by atoms with van der Waals surface area (Å²) in [4.78, 5) is 30.7. The molecule has 0 fully saturated rings. The Hall–Kier alpha value is -4.75. The van der Waals surface area contributed by atoms with Gasteiger partial charge in [0.15, 0.2) is 12.2 Å². The van der Waals surface area contributed by atoms with Crippen molar-refractivity contribution in [3.05, 3.63) is 221 Å². The summed E-state index contributed by atoms with van der Waals surface area (Å²) >= 11 is 26.7. The Morgan fingerprint density at radius 1 is 0.418 bits per heavy atom. The molecule has 4 atom stereocenters. The van der Waals surface area contributed by atoms with Crippen LogP contribution in [0.1, 0.15) is 54.8 Å². The molecule has 0 saturated heterocycles. The minimum absolute atomic E-state index is 0.197. The number of benzene rings is 6. The third-order valence-electron chi connectivity index (χ3n) is 9.63. The molecular weight excluding hydrogens is 790 g/mol. The van der Waals surface area contributed by atoms with Crippen LogP contribution in [-0.4, -0.2) is 23.8 Å². The minimum Gasteiger partial charge on any atom is -0.480 e. The average Bonchev–Trinajstić information content (AvgIpc) is 3.78. The Morgan fingerprint density at radius 2 is 0.727 bits per heavy atom. The molecule has 0 unspecified atom stereocenters. The number of hydrogen-bond donors (Lipinski definition) is 0. The fourth-order valence-electron chi connectivity index (χ4n) is 6.96. The largest absolute Gasteiger partial charge is 0.480 e. The Labute approximate surface area is 343 Å². The maximum atomic E-state index is 14.6. The molecule has 6 aromatic rings. The molecule has 0 aromatic heterocycles. The smallest absolute Gasteiger partial charge is 0.204 e. The third-order valence-corrected chi connectivity index (χ3v) is 12.0. The molecule has 4 nitrogen and oxygen atoms in total. The first-order chi connectivity index (χ1) is 26.7. The van der Waals surface area contributed by atoms with Crippen LogP contribution in [0.15, 0.2) is 168 Å². The summed E-state index contributed by atoms with van der Waals surface area (Å²) in [6.07, 6.45) is -1.86. The highest BCUT2D eigenvalue weighted by atomic mass is 35.5. The number of carbonyl (C=O) groups is 2. The van der Waals surface area contributed by atoms with E-state index >= 15 is 0 Å². The molecule has 0 spiro atoms. The molecule has 8 rings (SSSR count). The molecule has 272 valence electrons. The molecule has 9 heteroatoms. The van der Waals surface area contributed by atoms with Gasteiger partial charge in [-0.1, -0.05) is 119 Å². The van der Waals surface area contributed by atoms with Crippen molar-refractivity contribution in [1.29, 1.82) is 0 Å². The van der Waals surface area contributed by atoms with Crippen LogP contribution in [0, 0.1) is 0 Å². The molecule has 55 heavy (non-hydrogen) atoms. The quantitative estimate of drug-likeness (QED) is 0.129. The molecular formula is C46H30Cl4O4S. The van der Waals surface area contributed by atoms with Crippen LogP contribution in [0.5, 0.6) is 0 Å². The van der Waals surface area contributed by atoms with Crippen molar-refractivity contribution in [2.75, 3.05) is 0 Å². The maximum Gasteiger partial charge on any atom is 0.204 e. The Bertz CT molecular complexity index is 2240. The van der Waals surface area contributed by atoms with Crippen LogP contribution in [0.3, 0.4) is 0 Å². The second kappa shape index (κ2) is 16.2. The van der Waals surface area contributed by atoms with Gasteiger partial charge in [-0.15, -0.1) is 0 Å². The van der Waals surface area contributed by atoms with Crippen LogP contribution in [0.25, 0.3) is 11.5 Å². The van der Waals surface area contributed by atoms with Crippen molar-refractivity contribution in [3.63, 3.8) is 0 Å². The van der Waals surface area contributed by atoms with Gasteiger partial charge < -0.3 is 9.47 Å². The molecule has 0 saturated carbocycles. The number of halogens is 4. The van der Waals surface area contributed by atoms with Crippen molar-refractivity contribution >= 4 is 81.3 Å². The summed E-state index contributed by atoms with van der Waals surface area (Å²) in [5, 5.41) is 2.18. The van der Waals surface area contributed by atoms with Gasteiger partial charge in [-0.3, -0.25) is 9.59 Å². The number of rotatable bonds is 10. The first kappa shape index (κ1) is 37.2. The van der Waals surface area contributed by atoms with Gasteiger partial charge in [0.05, 0.1) is 11.8 Å². The predicted molar refractivity (Wildman–Crippen MR) is 224 cm³/mol. The van der Waals surface area contributed by atoms with E-state index in [0.717, 1.165) is 32.1 Å². The number of Topliss-reactive ketones (excluding diaryl/α,β-unsaturated/α-hetero) is 2. The second-order valence-electron chi connectivity index (χ2n) is 13.1. The van der Waals surface area contributed by atoms with Crippen molar-refractivity contribution in [1.82, 2.24) is 0 Å². The average molecular weight is 821 g/mol. The van der Waals surface area contributed by atoms with Crippen LogP contribution in [0.4, 0.5) is 0 Å². The predicted octanol–water partition coefficient (Wildman–Crippen LogP) is 13.2. The van der Waals surface area contributed by atoms with E-state index in [9.17, 15) is 9.59 Å². The van der Waals surface area contributed by atoms with Gasteiger partial charge in [-0.2, -0.15) is 0 Å². The Morgan fingerprint density at radius 3 is 1.05 bits per heavy atom. The fourth-order valence-corrected chi connectivity index (χ4v) is 9.00. The van der Waals surface area contributed by atoms with E-state index in [4.69, 9.17) is 55.9 Å². The second-order valence-corrected chi connectivity index (χ2v) is 15.9. The van der Waals surface area contributed by atoms with Crippen LogP contribution in [-0.2, 0) is 9.47 Å². The van der Waals surface area contributed by atoms with Crippen LogP contribution in [0.2, 0.25) is 20.1 Å². The van der Waals surface area contributed by atoms with Crippen molar-refractivity contribution < 1.29 is 19.1 Å². The summed E-state index contributed by atoms with van der Waals surface area (Å²) in [5.74, 6) is -0.409. The molecule has 0 amide bonds. The lowest BCUT2D eigenvalue weighted by atomic mass is 9.89. The highest BCUT2D eigenvalue weighted by Gasteiger charge is 2.48. The van der Waals surface area contributed by atoms with E-state index in [1.54, 1.807) is 72.8 Å². The summed E-state index contributed by atoms with van der Waals surface area (Å²) in [5.41, 5.74) is 4.21. The van der Waals surface area contributed by atoms with Crippen LogP contribution < -0.4 is 0 Å². The van der Waals surface area contributed by atoms with Crippen molar-refractivity contribution in [2.45, 2.75) is 24.0 Å². The fraction of sp³-hybridized carbons (Fsp3) is 0.0870. The Balaban J connectivity index is 1.34. The zero-order chi connectivity index (χ0) is 38.1. The van der Waals surface area contributed by atoms with Gasteiger partial charge in [0, 0.05) is 52.2 Å². The van der Waals surface area contributed by atoms with Gasteiger partial charge in [-0.05, 0) is 108 Å². The highest BCUT2D eigenvalue weighted by Crippen LogP contribution is 2.58. The highest BCUT2D eigenvalue weighted by molar-refractivity contribution is 8.07. The number of ether oxygens (including phenoxy) is 2. The molecule has 2 aliphatic heterocycles. The summed E-state index contributed by atoms with van der Waals surface area (Å²) in [6, 6.07) is 48.1. The van der Waals surface area contributed by atoms with E-state index in [2.05, 4.69) is 0 Å². The van der Waals surface area contributed by atoms with E-state index in [-0.39, 0.29) is 11.6 Å². The number of thioether (sulfide) groups is 1. The van der Waals surface area contributed by atoms with Gasteiger partial charge in [0.2, 0.25) is 11.6 Å². The van der Waals surface area contributed by atoms with Gasteiger partial charge in [-0.25, -0.2) is 0 Å². The maximum absolute atomic E-state index is 14.6. The molecule has 6 aromatic carbocycles. The van der Waals surface area contributed by atoms with Gasteiger partial charge in [0.25, 0.3) is 0 Å². The molecule has 0 radical (unpaired) electrons. The SMILES string of the molecule is O=C(c1ccc(Cl)cc1)[C@H]1OC(c2ccc(Cl)cc2)=C(SC2=C(c3ccc(Cl)cc3)O[C@H](C(=O)c3ccc(Cl)cc3)[C@H]2c2ccccc2)[C@@H]1c1ccccc1. The molecule has 2 heterocycles. The van der Waals surface area contributed by atoms with E-state index in [0.29, 0.717) is 42.7 Å². The topological polar surface area (TPSA) is 52.6 Å². The van der Waals surface area contributed by atoms with Gasteiger partial charge in [0.1, 0.15) is 11.5 Å². The van der Waals surface area contributed by atoms with E-state index in [1.807, 2.05) is 84.9 Å². The lowest BCUT2D eigenvalue weighted by molar-refractivity contribution is 0.0750. The lowest BCUT2D eigenvalue weighted by Gasteiger charge is -2.23. The summed E-state index contributed by atoms with van der Waals surface area (Å²) in [7, 11) is 0. The molecule has 2 aliphatic rings. The third kappa shape index (κ3) is 7.73. The standard InChI is InChI=1S/C46H30Cl4O4S/c47-33-19-11-29(12-20-33)39(51)43-37(27-7-3-1-4-8-27)45(41(53-43)31-15-23-35(49)24-16-31)55-46-38(28-9-5-2-6-10-28)44(40(52)30-13-21-34(48)22-14-30)54-42(46)32-17-25-36(50)26-18-32/h1-26,37-38,43-44H/t37-,38-,43+,44+/m1/s1. The molecule has 0 N–H and O–H groups in total. The lowest BCUT2D eigenvalue weighted by Crippen LogP contribution is -2.28. The van der Waals surface area contributed by atoms with Crippen LogP contribution >= 0.6 is 58.2 Å². The zero-order valence-corrected chi connectivity index (χ0v) is 32.7. The van der Waals surface area contributed by atoms with Crippen molar-refractivity contribution in [3.8, 4) is 0 Å². The number of ketones is 2. The minimum atomic E-state index is -0.930. The van der Waals surface area contributed by atoms with E-state index < -0.39 is 24.0 Å². The monoisotopic (exact) mass is 818 g/mol. The van der Waals surface area contributed by atoms with Crippen molar-refractivity contribution in [2.24, 2.45) is 0 Å². The summed E-state index contributed by atoms with van der Waals surface area (Å²) in [6.45, 7) is 0. The Kier molecular flexibility index (Phi) is 10.9. The molecule has 0 bridgehead atoms. The summed E-state index contributed by atoms with van der Waals surface area (Å²) < 4.78 is 13.7. The number of hydrogen-bond acceptors (Lipinski definition) is 5. The normalized spacial score (nSPS) is 19.3. The zero-order valence-electron chi connectivity index (χ0n) is 28.9.